The first kappa shape index (κ1) is 13.7. The Morgan fingerprint density at radius 1 is 1.65 bits per heavy atom. The summed E-state index contributed by atoms with van der Waals surface area (Å²) in [6.07, 6.45) is 0. The fourth-order valence-electron chi connectivity index (χ4n) is 1.31. The molecular weight excluding hydrogens is 284 g/mol. The Morgan fingerprint density at radius 2 is 2.29 bits per heavy atom. The molecule has 17 heavy (non-hydrogen) atoms. The van der Waals surface area contributed by atoms with Crippen LogP contribution >= 0.6 is 15.9 Å². The molecule has 1 rings (SSSR count). The number of halogens is 1. The van der Waals surface area contributed by atoms with Crippen molar-refractivity contribution in [1.82, 2.24) is 4.98 Å². The largest absolute Gasteiger partial charge is 0.465 e. The van der Waals surface area contributed by atoms with E-state index in [0.717, 1.165) is 10.2 Å². The van der Waals surface area contributed by atoms with Gasteiger partial charge >= 0.3 is 5.97 Å². The van der Waals surface area contributed by atoms with E-state index in [9.17, 15) is 10.1 Å². The molecule has 90 valence electrons. The van der Waals surface area contributed by atoms with Gasteiger partial charge in [0.2, 0.25) is 0 Å². The molecule has 0 radical (unpaired) electrons. The molecular formula is C12H13BrN2O2. The number of ether oxygens (including phenoxy) is 1. The molecule has 1 aromatic heterocycles. The quantitative estimate of drug-likeness (QED) is 0.804. The Balaban J connectivity index is 3.22. The van der Waals surface area contributed by atoms with Crippen molar-refractivity contribution < 1.29 is 9.53 Å². The van der Waals surface area contributed by atoms with Crippen LogP contribution < -0.4 is 0 Å². The average molecular weight is 297 g/mol. The number of pyridine rings is 1. The summed E-state index contributed by atoms with van der Waals surface area (Å²) < 4.78 is 5.75. The van der Waals surface area contributed by atoms with E-state index in [1.54, 1.807) is 26.0 Å². The van der Waals surface area contributed by atoms with Crippen LogP contribution in [-0.2, 0) is 14.9 Å². The number of nitrogens with zero attached hydrogens (tertiary/aromatic N) is 2. The number of carbonyl (C=O) groups is 1. The molecule has 0 saturated carbocycles. The number of rotatable bonds is 3. The van der Waals surface area contributed by atoms with E-state index in [1.807, 2.05) is 6.07 Å². The highest BCUT2D eigenvalue weighted by Gasteiger charge is 2.38. The molecule has 0 aromatic carbocycles. The molecule has 0 amide bonds. The molecule has 0 spiro atoms. The number of nitriles is 1. The van der Waals surface area contributed by atoms with Gasteiger partial charge in [0, 0.05) is 4.47 Å². The Hall–Kier alpha value is -1.41. The van der Waals surface area contributed by atoms with Gasteiger partial charge in [0.15, 0.2) is 5.41 Å². The molecule has 0 bridgehead atoms. The topological polar surface area (TPSA) is 63.0 Å². The van der Waals surface area contributed by atoms with Crippen molar-refractivity contribution in [2.45, 2.75) is 26.2 Å². The second-order valence-electron chi connectivity index (χ2n) is 3.72. The lowest BCUT2D eigenvalue weighted by Crippen LogP contribution is -2.34. The standard InChI is InChI=1S/C12H13BrN2O2/c1-4-17-11(16)12(3,7-14)10-6-5-9(13)8(2)15-10/h5-6H,4H2,1-3H3. The molecule has 0 fully saturated rings. The zero-order valence-electron chi connectivity index (χ0n) is 9.95. The number of hydrogen-bond acceptors (Lipinski definition) is 4. The minimum Gasteiger partial charge on any atom is -0.465 e. The SMILES string of the molecule is CCOC(=O)C(C)(C#N)c1ccc(Br)c(C)n1. The third kappa shape index (κ3) is 2.64. The van der Waals surface area contributed by atoms with Crippen molar-refractivity contribution in [3.05, 3.63) is 28.0 Å². The Morgan fingerprint density at radius 3 is 2.76 bits per heavy atom. The molecule has 1 aromatic rings. The van der Waals surface area contributed by atoms with Crippen molar-refractivity contribution >= 4 is 21.9 Å². The summed E-state index contributed by atoms with van der Waals surface area (Å²) in [4.78, 5) is 16.0. The normalized spacial score (nSPS) is 13.6. The number of hydrogen-bond donors (Lipinski definition) is 0. The third-order valence-electron chi connectivity index (χ3n) is 2.44. The number of carbonyl (C=O) groups excluding carboxylic acids is 1. The lowest BCUT2D eigenvalue weighted by molar-refractivity contribution is -0.147. The van der Waals surface area contributed by atoms with Gasteiger partial charge in [-0.2, -0.15) is 5.26 Å². The van der Waals surface area contributed by atoms with Gasteiger partial charge < -0.3 is 4.74 Å². The highest BCUT2D eigenvalue weighted by atomic mass is 79.9. The smallest absolute Gasteiger partial charge is 0.332 e. The predicted molar refractivity (Wildman–Crippen MR) is 66.3 cm³/mol. The first-order valence-corrected chi connectivity index (χ1v) is 5.97. The molecule has 1 unspecified atom stereocenters. The fraction of sp³-hybridized carbons (Fsp3) is 0.417. The van der Waals surface area contributed by atoms with Gasteiger partial charge in [0.05, 0.1) is 24.1 Å². The minimum atomic E-state index is -1.36. The number of aryl methyl sites for hydroxylation is 1. The molecule has 0 aliphatic carbocycles. The summed E-state index contributed by atoms with van der Waals surface area (Å²) in [7, 11) is 0. The van der Waals surface area contributed by atoms with Crippen LogP contribution in [0.15, 0.2) is 16.6 Å². The van der Waals surface area contributed by atoms with Crippen LogP contribution in [0.3, 0.4) is 0 Å². The van der Waals surface area contributed by atoms with Crippen molar-refractivity contribution in [2.24, 2.45) is 0 Å². The molecule has 0 saturated heterocycles. The van der Waals surface area contributed by atoms with Gasteiger partial charge in [-0.15, -0.1) is 0 Å². The van der Waals surface area contributed by atoms with Crippen molar-refractivity contribution in [1.29, 1.82) is 5.26 Å². The van der Waals surface area contributed by atoms with Gasteiger partial charge in [-0.25, -0.2) is 4.79 Å². The maximum Gasteiger partial charge on any atom is 0.332 e. The van der Waals surface area contributed by atoms with Crippen LogP contribution in [0.5, 0.6) is 0 Å². The maximum atomic E-state index is 11.8. The van der Waals surface area contributed by atoms with Gasteiger partial charge in [0.1, 0.15) is 0 Å². The average Bonchev–Trinajstić information content (AvgIpc) is 2.32. The summed E-state index contributed by atoms with van der Waals surface area (Å²) in [6, 6.07) is 5.39. The van der Waals surface area contributed by atoms with Crippen molar-refractivity contribution in [2.75, 3.05) is 6.61 Å². The molecule has 5 heteroatoms. The van der Waals surface area contributed by atoms with E-state index < -0.39 is 11.4 Å². The second-order valence-corrected chi connectivity index (χ2v) is 4.58. The zero-order chi connectivity index (χ0) is 13.1. The van der Waals surface area contributed by atoms with Gasteiger partial charge in [-0.1, -0.05) is 0 Å². The van der Waals surface area contributed by atoms with E-state index in [0.29, 0.717) is 5.69 Å². The predicted octanol–water partition coefficient (Wildman–Crippen LogP) is 2.50. The molecule has 0 aliphatic rings. The lowest BCUT2D eigenvalue weighted by Gasteiger charge is -2.19. The van der Waals surface area contributed by atoms with Crippen molar-refractivity contribution in [3.8, 4) is 6.07 Å². The number of aromatic nitrogens is 1. The first-order valence-electron chi connectivity index (χ1n) is 5.17. The summed E-state index contributed by atoms with van der Waals surface area (Å²) >= 11 is 3.32. The zero-order valence-corrected chi connectivity index (χ0v) is 11.5. The minimum absolute atomic E-state index is 0.242. The van der Waals surface area contributed by atoms with E-state index in [2.05, 4.69) is 20.9 Å². The van der Waals surface area contributed by atoms with Crippen LogP contribution in [-0.4, -0.2) is 17.6 Å². The summed E-state index contributed by atoms with van der Waals surface area (Å²) in [5.41, 5.74) is -0.228. The summed E-state index contributed by atoms with van der Waals surface area (Å²) in [5.74, 6) is -0.572. The summed E-state index contributed by atoms with van der Waals surface area (Å²) in [6.45, 7) is 5.26. The molecule has 1 heterocycles. The Labute approximate surface area is 109 Å². The first-order chi connectivity index (χ1) is 7.95. The molecule has 0 N–H and O–H groups in total. The lowest BCUT2D eigenvalue weighted by atomic mass is 9.88. The summed E-state index contributed by atoms with van der Waals surface area (Å²) in [5, 5.41) is 9.19. The van der Waals surface area contributed by atoms with Gasteiger partial charge in [-0.05, 0) is 48.8 Å². The highest BCUT2D eigenvalue weighted by molar-refractivity contribution is 9.10. The Kier molecular flexibility index (Phi) is 4.24. The van der Waals surface area contributed by atoms with E-state index >= 15 is 0 Å². The van der Waals surface area contributed by atoms with Gasteiger partial charge in [-0.3, -0.25) is 4.98 Å². The van der Waals surface area contributed by atoms with Crippen LogP contribution in [0.25, 0.3) is 0 Å². The van der Waals surface area contributed by atoms with E-state index in [1.165, 1.54) is 6.92 Å². The second kappa shape index (κ2) is 5.28. The fourth-order valence-corrected chi connectivity index (χ4v) is 1.53. The molecule has 1 atom stereocenters. The van der Waals surface area contributed by atoms with Crippen LogP contribution in [0, 0.1) is 18.3 Å². The molecule has 4 nitrogen and oxygen atoms in total. The maximum absolute atomic E-state index is 11.8. The van der Waals surface area contributed by atoms with Crippen LogP contribution in [0.1, 0.15) is 25.2 Å². The Bertz CT molecular complexity index is 482. The molecule has 0 aliphatic heterocycles. The van der Waals surface area contributed by atoms with Crippen LogP contribution in [0.2, 0.25) is 0 Å². The monoisotopic (exact) mass is 296 g/mol. The van der Waals surface area contributed by atoms with Crippen LogP contribution in [0.4, 0.5) is 0 Å². The highest BCUT2D eigenvalue weighted by Crippen LogP contribution is 2.25. The van der Waals surface area contributed by atoms with E-state index in [-0.39, 0.29) is 6.61 Å². The van der Waals surface area contributed by atoms with Crippen molar-refractivity contribution in [3.63, 3.8) is 0 Å². The number of esters is 1. The third-order valence-corrected chi connectivity index (χ3v) is 3.28. The van der Waals surface area contributed by atoms with Gasteiger partial charge in [0.25, 0.3) is 0 Å². The van der Waals surface area contributed by atoms with E-state index in [4.69, 9.17) is 4.74 Å².